The fraction of sp³-hybridized carbons (Fsp3) is 0.611. The number of piperidine rings is 1. The predicted molar refractivity (Wildman–Crippen MR) is 93.9 cm³/mol. The Hall–Kier alpha value is -1.00. The maximum atomic E-state index is 13.0. The zero-order valence-corrected chi connectivity index (χ0v) is 14.9. The molecule has 22 heavy (non-hydrogen) atoms. The van der Waals surface area contributed by atoms with Gasteiger partial charge in [-0.05, 0) is 29.9 Å². The third-order valence-corrected chi connectivity index (χ3v) is 6.02. The molecule has 0 aromatic heterocycles. The van der Waals surface area contributed by atoms with Gasteiger partial charge in [0, 0.05) is 24.0 Å². The van der Waals surface area contributed by atoms with E-state index in [1.807, 2.05) is 23.1 Å². The second kappa shape index (κ2) is 7.05. The van der Waals surface area contributed by atoms with Crippen molar-refractivity contribution in [2.45, 2.75) is 50.3 Å². The summed E-state index contributed by atoms with van der Waals surface area (Å²) in [5.74, 6) is 0.556. The van der Waals surface area contributed by atoms with Crippen LogP contribution in [-0.2, 0) is 4.79 Å². The second-order valence-corrected chi connectivity index (χ2v) is 8.45. The summed E-state index contributed by atoms with van der Waals surface area (Å²) in [7, 11) is 0. The molecule has 0 bridgehead atoms. The molecular weight excluding hydrogens is 292 g/mol. The van der Waals surface area contributed by atoms with Crippen LogP contribution in [-0.4, -0.2) is 35.2 Å². The minimum atomic E-state index is -0.0347. The predicted octanol–water partition coefficient (Wildman–Crippen LogP) is 3.39. The number of benzene rings is 1. The Morgan fingerprint density at radius 1 is 1.32 bits per heavy atom. The summed E-state index contributed by atoms with van der Waals surface area (Å²) < 4.78 is 0. The van der Waals surface area contributed by atoms with Gasteiger partial charge in [-0.2, -0.15) is 0 Å². The van der Waals surface area contributed by atoms with Gasteiger partial charge in [0.05, 0.1) is 5.25 Å². The summed E-state index contributed by atoms with van der Waals surface area (Å²) in [6.07, 6.45) is 0.888. The van der Waals surface area contributed by atoms with Crippen LogP contribution in [0.2, 0.25) is 0 Å². The molecule has 0 radical (unpaired) electrons. The van der Waals surface area contributed by atoms with E-state index in [0.717, 1.165) is 24.4 Å². The second-order valence-electron chi connectivity index (χ2n) is 7.24. The monoisotopic (exact) mass is 320 g/mol. The first-order valence-electron chi connectivity index (χ1n) is 8.07. The lowest BCUT2D eigenvalue weighted by atomic mass is 9.79. The van der Waals surface area contributed by atoms with Gasteiger partial charge in [0.25, 0.3) is 0 Å². The van der Waals surface area contributed by atoms with Crippen molar-refractivity contribution in [3.8, 4) is 0 Å². The van der Waals surface area contributed by atoms with Crippen LogP contribution in [0.5, 0.6) is 0 Å². The molecular formula is C18H28N2OS. The number of amides is 1. The Labute approximate surface area is 138 Å². The van der Waals surface area contributed by atoms with Crippen LogP contribution >= 0.6 is 11.8 Å². The van der Waals surface area contributed by atoms with E-state index >= 15 is 0 Å². The Balaban J connectivity index is 2.10. The molecule has 4 heteroatoms. The molecule has 1 aromatic carbocycles. The highest BCUT2D eigenvalue weighted by Gasteiger charge is 2.38. The average molecular weight is 321 g/mol. The molecule has 1 heterocycles. The Morgan fingerprint density at radius 3 is 2.50 bits per heavy atom. The lowest BCUT2D eigenvalue weighted by Gasteiger charge is -2.43. The van der Waals surface area contributed by atoms with Crippen molar-refractivity contribution in [3.05, 3.63) is 30.3 Å². The molecule has 1 aromatic rings. The number of carbonyl (C=O) groups is 1. The van der Waals surface area contributed by atoms with Gasteiger partial charge < -0.3 is 10.6 Å². The lowest BCUT2D eigenvalue weighted by Crippen LogP contribution is -2.55. The number of carbonyl (C=O) groups excluding carboxylic acids is 1. The van der Waals surface area contributed by atoms with Gasteiger partial charge in [-0.15, -0.1) is 11.8 Å². The van der Waals surface area contributed by atoms with Crippen molar-refractivity contribution in [3.63, 3.8) is 0 Å². The maximum absolute atomic E-state index is 13.0. The number of hydrogen-bond donors (Lipinski definition) is 1. The van der Waals surface area contributed by atoms with Crippen molar-refractivity contribution in [2.75, 3.05) is 13.1 Å². The molecule has 3 nitrogen and oxygen atoms in total. The van der Waals surface area contributed by atoms with Gasteiger partial charge in [0.2, 0.25) is 5.91 Å². The van der Waals surface area contributed by atoms with E-state index < -0.39 is 0 Å². The largest absolute Gasteiger partial charge is 0.341 e. The van der Waals surface area contributed by atoms with Crippen LogP contribution in [0.4, 0.5) is 0 Å². The molecule has 1 aliphatic heterocycles. The highest BCUT2D eigenvalue weighted by Crippen LogP contribution is 2.33. The fourth-order valence-electron chi connectivity index (χ4n) is 2.86. The van der Waals surface area contributed by atoms with Crippen LogP contribution in [0, 0.1) is 11.3 Å². The number of hydrogen-bond acceptors (Lipinski definition) is 3. The van der Waals surface area contributed by atoms with Crippen molar-refractivity contribution < 1.29 is 4.79 Å². The van der Waals surface area contributed by atoms with Crippen LogP contribution in [0.3, 0.4) is 0 Å². The number of nitrogens with zero attached hydrogens (tertiary/aromatic N) is 1. The molecule has 1 amide bonds. The van der Waals surface area contributed by atoms with Crippen LogP contribution < -0.4 is 5.73 Å². The first-order chi connectivity index (χ1) is 10.3. The summed E-state index contributed by atoms with van der Waals surface area (Å²) in [5, 5.41) is -0.0347. The third kappa shape index (κ3) is 4.05. The Bertz CT molecular complexity index is 501. The molecule has 0 saturated carbocycles. The Kier molecular flexibility index (Phi) is 5.56. The van der Waals surface area contributed by atoms with Gasteiger partial charge in [0.1, 0.15) is 0 Å². The molecule has 2 rings (SSSR count). The minimum absolute atomic E-state index is 0.00709. The zero-order chi connectivity index (χ0) is 16.3. The van der Waals surface area contributed by atoms with Crippen LogP contribution in [0.25, 0.3) is 0 Å². The van der Waals surface area contributed by atoms with Crippen molar-refractivity contribution in [2.24, 2.45) is 17.1 Å². The number of likely N-dealkylation sites (tertiary alicyclic amines) is 1. The molecule has 2 atom stereocenters. The summed E-state index contributed by atoms with van der Waals surface area (Å²) in [6.45, 7) is 10.1. The number of thioether (sulfide) groups is 1. The Morgan fingerprint density at radius 2 is 1.95 bits per heavy atom. The molecule has 122 valence electrons. The quantitative estimate of drug-likeness (QED) is 0.865. The standard InChI is InChI=1S/C18H28N2OS/c1-13(2)16(22-14-8-6-5-7-9-14)17(21)20-11-10-15(19)18(3,4)12-20/h5-9,13,15-16H,10-12,19H2,1-4H3. The third-order valence-electron chi connectivity index (χ3n) is 4.48. The van der Waals surface area contributed by atoms with Crippen LogP contribution in [0.15, 0.2) is 35.2 Å². The van der Waals surface area contributed by atoms with E-state index in [9.17, 15) is 4.79 Å². The van der Waals surface area contributed by atoms with Gasteiger partial charge in [-0.1, -0.05) is 45.9 Å². The summed E-state index contributed by atoms with van der Waals surface area (Å²) in [4.78, 5) is 16.2. The number of nitrogens with two attached hydrogens (primary N) is 1. The first kappa shape index (κ1) is 17.4. The molecule has 0 aliphatic carbocycles. The van der Waals surface area contributed by atoms with Crippen molar-refractivity contribution in [1.82, 2.24) is 4.90 Å². The van der Waals surface area contributed by atoms with E-state index in [0.29, 0.717) is 5.92 Å². The van der Waals surface area contributed by atoms with Gasteiger partial charge >= 0.3 is 0 Å². The molecule has 1 saturated heterocycles. The molecule has 2 unspecified atom stereocenters. The van der Waals surface area contributed by atoms with E-state index in [1.165, 1.54) is 0 Å². The van der Waals surface area contributed by atoms with Crippen molar-refractivity contribution in [1.29, 1.82) is 0 Å². The van der Waals surface area contributed by atoms with Crippen molar-refractivity contribution >= 4 is 17.7 Å². The SMILES string of the molecule is CC(C)C(Sc1ccccc1)C(=O)N1CCC(N)C(C)(C)C1. The normalized spacial score (nSPS) is 22.6. The minimum Gasteiger partial charge on any atom is -0.341 e. The highest BCUT2D eigenvalue weighted by molar-refractivity contribution is 8.00. The average Bonchev–Trinajstić information content (AvgIpc) is 2.47. The molecule has 1 fully saturated rings. The lowest BCUT2D eigenvalue weighted by molar-refractivity contribution is -0.134. The fourth-order valence-corrected chi connectivity index (χ4v) is 3.99. The van der Waals surface area contributed by atoms with Crippen LogP contribution in [0.1, 0.15) is 34.1 Å². The van der Waals surface area contributed by atoms with E-state index in [-0.39, 0.29) is 22.6 Å². The topological polar surface area (TPSA) is 46.3 Å². The van der Waals surface area contributed by atoms with Gasteiger partial charge in [-0.25, -0.2) is 0 Å². The molecule has 0 spiro atoms. The molecule has 2 N–H and O–H groups in total. The maximum Gasteiger partial charge on any atom is 0.236 e. The smallest absolute Gasteiger partial charge is 0.236 e. The summed E-state index contributed by atoms with van der Waals surface area (Å²) in [5.41, 5.74) is 6.18. The first-order valence-corrected chi connectivity index (χ1v) is 8.95. The van der Waals surface area contributed by atoms with Gasteiger partial charge in [0.15, 0.2) is 0 Å². The van der Waals surface area contributed by atoms with E-state index in [2.05, 4.69) is 39.8 Å². The zero-order valence-electron chi connectivity index (χ0n) is 14.1. The summed E-state index contributed by atoms with van der Waals surface area (Å²) >= 11 is 1.68. The highest BCUT2D eigenvalue weighted by atomic mass is 32.2. The number of rotatable bonds is 4. The van der Waals surface area contributed by atoms with E-state index in [1.54, 1.807) is 11.8 Å². The summed E-state index contributed by atoms with van der Waals surface area (Å²) in [6, 6.07) is 10.4. The molecule has 1 aliphatic rings. The van der Waals surface area contributed by atoms with E-state index in [4.69, 9.17) is 5.73 Å². The van der Waals surface area contributed by atoms with Gasteiger partial charge in [-0.3, -0.25) is 4.79 Å².